The van der Waals surface area contributed by atoms with Gasteiger partial charge in [-0.3, -0.25) is 14.4 Å². The van der Waals surface area contributed by atoms with Gasteiger partial charge in [0.15, 0.2) is 5.78 Å². The van der Waals surface area contributed by atoms with E-state index in [0.29, 0.717) is 22.2 Å². The highest BCUT2D eigenvalue weighted by Crippen LogP contribution is 2.45. The average Bonchev–Trinajstić information content (AvgIpc) is 3.87. The van der Waals surface area contributed by atoms with E-state index >= 15 is 0 Å². The first-order chi connectivity index (χ1) is 26.6. The summed E-state index contributed by atoms with van der Waals surface area (Å²) < 4.78 is 16.5. The van der Waals surface area contributed by atoms with Crippen LogP contribution in [0.5, 0.6) is 0 Å². The number of ketones is 1. The molecule has 4 aromatic carbocycles. The highest BCUT2D eigenvalue weighted by molar-refractivity contribution is 6.08. The zero-order valence-corrected chi connectivity index (χ0v) is 29.9. The first-order valence-corrected chi connectivity index (χ1v) is 18.0. The van der Waals surface area contributed by atoms with Gasteiger partial charge in [0.2, 0.25) is 11.8 Å². The quantitative estimate of drug-likeness (QED) is 0.142. The molecule has 0 bridgehead atoms. The lowest BCUT2D eigenvalue weighted by molar-refractivity contribution is -0.137. The van der Waals surface area contributed by atoms with Crippen LogP contribution in [0.3, 0.4) is 0 Å². The molecule has 0 spiro atoms. The van der Waals surface area contributed by atoms with E-state index in [-0.39, 0.29) is 44.3 Å². The van der Waals surface area contributed by atoms with Crippen LogP contribution >= 0.6 is 0 Å². The van der Waals surface area contributed by atoms with Crippen molar-refractivity contribution in [2.24, 2.45) is 0 Å². The second kappa shape index (κ2) is 14.6. The molecule has 8 rings (SSSR count). The molecular formula is C43H37FN6O5. The fourth-order valence-corrected chi connectivity index (χ4v) is 7.92. The van der Waals surface area contributed by atoms with Crippen LogP contribution in [0.25, 0.3) is 33.2 Å². The van der Waals surface area contributed by atoms with E-state index in [4.69, 9.17) is 0 Å². The summed E-state index contributed by atoms with van der Waals surface area (Å²) in [5.41, 5.74) is 8.34. The van der Waals surface area contributed by atoms with Gasteiger partial charge in [-0.1, -0.05) is 66.7 Å². The molecule has 2 aromatic heterocycles. The number of carbonyl (C=O) groups excluding carboxylic acids is 3. The van der Waals surface area contributed by atoms with Crippen LogP contribution in [-0.4, -0.2) is 78.7 Å². The number of anilines is 1. The lowest BCUT2D eigenvalue weighted by Crippen LogP contribution is -2.44. The number of amides is 3. The van der Waals surface area contributed by atoms with Crippen LogP contribution in [0.15, 0.2) is 116 Å². The molecule has 0 saturated carbocycles. The van der Waals surface area contributed by atoms with Gasteiger partial charge in [-0.05, 0) is 70.6 Å². The standard InChI is InChI=1S/C43H37FN6O5/c1-26(51)37-23-48(39-15-12-28(18-36(37)39)29-16-17-45-46-20-29)25-41(52)50-22-30(44)19-40(50)42(53)47-31-13-10-27(11-14-31)21-49(43(54)55)24-38-34-8-4-2-6-32(34)33-7-3-5-9-35(33)38/h2-18,20,23,30,38,40H,19,21-22,24-25H2,1H3,(H,47,53)(H,54,55)/t30-,40+/m1/s1. The third kappa shape index (κ3) is 6.94. The van der Waals surface area contributed by atoms with Gasteiger partial charge >= 0.3 is 6.09 Å². The summed E-state index contributed by atoms with van der Waals surface area (Å²) >= 11 is 0. The Kier molecular flexibility index (Phi) is 9.39. The minimum absolute atomic E-state index is 0.103. The van der Waals surface area contributed by atoms with Crippen LogP contribution in [-0.2, 0) is 22.7 Å². The van der Waals surface area contributed by atoms with Crippen molar-refractivity contribution in [3.8, 4) is 22.3 Å². The normalized spacial score (nSPS) is 16.1. The van der Waals surface area contributed by atoms with Crippen LogP contribution < -0.4 is 5.32 Å². The number of rotatable bonds is 10. The van der Waals surface area contributed by atoms with Crippen molar-refractivity contribution >= 4 is 40.3 Å². The van der Waals surface area contributed by atoms with E-state index in [1.165, 1.54) is 16.7 Å². The predicted octanol–water partition coefficient (Wildman–Crippen LogP) is 7.17. The van der Waals surface area contributed by atoms with Gasteiger partial charge in [0.05, 0.1) is 18.9 Å². The molecule has 0 radical (unpaired) electrons. The van der Waals surface area contributed by atoms with Gasteiger partial charge in [0, 0.05) is 59.3 Å². The molecule has 2 atom stereocenters. The minimum atomic E-state index is -1.38. The lowest BCUT2D eigenvalue weighted by atomic mass is 9.96. The topological polar surface area (TPSA) is 138 Å². The largest absolute Gasteiger partial charge is 0.465 e. The molecule has 6 aromatic rings. The second-order valence-corrected chi connectivity index (χ2v) is 14.1. The number of carboxylic acid groups (broad SMARTS) is 1. The number of Topliss-reactive ketones (excluding diaryl/α,β-unsaturated/α-hetero) is 1. The Balaban J connectivity index is 0.941. The molecule has 276 valence electrons. The molecule has 2 N–H and O–H groups in total. The molecule has 3 amide bonds. The maximum Gasteiger partial charge on any atom is 0.407 e. The Morgan fingerprint density at radius 2 is 1.60 bits per heavy atom. The molecular weight excluding hydrogens is 700 g/mol. The summed E-state index contributed by atoms with van der Waals surface area (Å²) in [4.78, 5) is 55.0. The number of halogens is 1. The molecule has 1 fully saturated rings. The third-order valence-electron chi connectivity index (χ3n) is 10.6. The number of hydrogen-bond acceptors (Lipinski definition) is 6. The molecule has 11 nitrogen and oxygen atoms in total. The number of hydrogen-bond donors (Lipinski definition) is 2. The average molecular weight is 737 g/mol. The van der Waals surface area contributed by atoms with Gasteiger partial charge in [-0.2, -0.15) is 10.2 Å². The number of likely N-dealkylation sites (tertiary alicyclic amines) is 1. The van der Waals surface area contributed by atoms with Crippen LogP contribution in [0.4, 0.5) is 14.9 Å². The first kappa shape index (κ1) is 35.3. The van der Waals surface area contributed by atoms with Crippen LogP contribution in [0, 0.1) is 0 Å². The molecule has 0 unspecified atom stereocenters. The summed E-state index contributed by atoms with van der Waals surface area (Å²) in [6.45, 7) is 1.45. The summed E-state index contributed by atoms with van der Waals surface area (Å²) in [5, 5.41) is 21.4. The summed E-state index contributed by atoms with van der Waals surface area (Å²) in [6, 6.07) is 29.3. The third-order valence-corrected chi connectivity index (χ3v) is 10.6. The van der Waals surface area contributed by atoms with E-state index in [9.17, 15) is 28.7 Å². The molecule has 3 heterocycles. The summed E-state index contributed by atoms with van der Waals surface area (Å²) in [5.74, 6) is -1.25. The van der Waals surface area contributed by atoms with E-state index in [1.807, 2.05) is 60.7 Å². The summed E-state index contributed by atoms with van der Waals surface area (Å²) in [7, 11) is 0. The van der Waals surface area contributed by atoms with Crippen molar-refractivity contribution in [2.75, 3.05) is 18.4 Å². The lowest BCUT2D eigenvalue weighted by Gasteiger charge is -2.25. The Morgan fingerprint density at radius 1 is 0.891 bits per heavy atom. The second-order valence-electron chi connectivity index (χ2n) is 14.1. The smallest absolute Gasteiger partial charge is 0.407 e. The van der Waals surface area contributed by atoms with E-state index in [0.717, 1.165) is 38.9 Å². The summed E-state index contributed by atoms with van der Waals surface area (Å²) in [6.07, 6.45) is 2.26. The highest BCUT2D eigenvalue weighted by Gasteiger charge is 2.40. The van der Waals surface area contributed by atoms with E-state index in [2.05, 4.69) is 27.6 Å². The number of benzene rings is 4. The number of carbonyl (C=O) groups is 4. The molecule has 1 aliphatic heterocycles. The van der Waals surface area contributed by atoms with Gasteiger partial charge < -0.3 is 24.8 Å². The zero-order valence-electron chi connectivity index (χ0n) is 29.9. The maximum atomic E-state index is 14.9. The molecule has 1 aliphatic carbocycles. The van der Waals surface area contributed by atoms with Crippen molar-refractivity contribution < 1.29 is 28.7 Å². The van der Waals surface area contributed by atoms with Gasteiger partial charge in [0.1, 0.15) is 18.8 Å². The fraction of sp³-hybridized carbons (Fsp3) is 0.209. The number of aromatic nitrogens is 3. The highest BCUT2D eigenvalue weighted by atomic mass is 19.1. The maximum absolute atomic E-state index is 14.9. The fourth-order valence-electron chi connectivity index (χ4n) is 7.92. The SMILES string of the molecule is CC(=O)c1cn(CC(=O)N2C[C@H](F)C[C@H]2C(=O)Nc2ccc(CN(CC3c4ccccc4-c4ccccc43)C(=O)O)cc2)c2ccc(-c3ccnnc3)cc12. The van der Waals surface area contributed by atoms with Gasteiger partial charge in [-0.15, -0.1) is 0 Å². The van der Waals surface area contributed by atoms with Crippen molar-refractivity contribution in [1.82, 2.24) is 24.6 Å². The van der Waals surface area contributed by atoms with Gasteiger partial charge in [-0.25, -0.2) is 9.18 Å². The zero-order chi connectivity index (χ0) is 38.2. The molecule has 2 aliphatic rings. The van der Waals surface area contributed by atoms with Crippen molar-refractivity contribution in [3.63, 3.8) is 0 Å². The Morgan fingerprint density at radius 3 is 2.25 bits per heavy atom. The predicted molar refractivity (Wildman–Crippen MR) is 205 cm³/mol. The Labute approximate surface area is 316 Å². The molecule has 12 heteroatoms. The van der Waals surface area contributed by atoms with E-state index < -0.39 is 30.1 Å². The molecule has 1 saturated heterocycles. The Hall–Kier alpha value is -6.69. The molecule has 55 heavy (non-hydrogen) atoms. The van der Waals surface area contributed by atoms with Gasteiger partial charge in [0.25, 0.3) is 0 Å². The first-order valence-electron chi connectivity index (χ1n) is 18.0. The van der Waals surface area contributed by atoms with Crippen molar-refractivity contribution in [3.05, 3.63) is 138 Å². The number of nitrogens with one attached hydrogen (secondary N) is 1. The van der Waals surface area contributed by atoms with E-state index in [1.54, 1.807) is 47.4 Å². The van der Waals surface area contributed by atoms with Crippen molar-refractivity contribution in [1.29, 1.82) is 0 Å². The van der Waals surface area contributed by atoms with Crippen LogP contribution in [0.1, 0.15) is 46.3 Å². The van der Waals surface area contributed by atoms with Crippen LogP contribution in [0.2, 0.25) is 0 Å². The number of nitrogens with zero attached hydrogens (tertiary/aromatic N) is 5. The van der Waals surface area contributed by atoms with Crippen molar-refractivity contribution in [2.45, 2.75) is 44.6 Å². The number of fused-ring (bicyclic) bond motifs is 4. The Bertz CT molecular complexity index is 2400. The number of alkyl halides is 1. The monoisotopic (exact) mass is 736 g/mol. The minimum Gasteiger partial charge on any atom is -0.465 e.